The van der Waals surface area contributed by atoms with Crippen LogP contribution in [0.25, 0.3) is 0 Å². The summed E-state index contributed by atoms with van der Waals surface area (Å²) in [5, 5.41) is 13.7. The van der Waals surface area contributed by atoms with Crippen molar-refractivity contribution >= 4 is 11.6 Å². The zero-order valence-corrected chi connectivity index (χ0v) is 17.9. The number of aromatic hydroxyl groups is 1. The highest BCUT2D eigenvalue weighted by atomic mass is 16.5. The van der Waals surface area contributed by atoms with E-state index in [4.69, 9.17) is 4.74 Å². The highest BCUT2D eigenvalue weighted by molar-refractivity contribution is 5.80. The summed E-state index contributed by atoms with van der Waals surface area (Å²) in [4.78, 5) is 8.99. The van der Waals surface area contributed by atoms with E-state index in [1.54, 1.807) is 13.2 Å². The molecular formula is C23H32N4O2. The monoisotopic (exact) mass is 396 g/mol. The van der Waals surface area contributed by atoms with Gasteiger partial charge in [0.2, 0.25) is 0 Å². The van der Waals surface area contributed by atoms with Crippen LogP contribution in [0.5, 0.6) is 11.5 Å². The van der Waals surface area contributed by atoms with Crippen LogP contribution in [0, 0.1) is 0 Å². The number of phenolic OH excluding ortho intramolecular Hbond substituents is 1. The molecule has 2 N–H and O–H groups in total. The third-order valence-electron chi connectivity index (χ3n) is 5.55. The van der Waals surface area contributed by atoms with Crippen LogP contribution < -0.4 is 15.0 Å². The molecule has 2 aromatic rings. The number of piperazine rings is 1. The van der Waals surface area contributed by atoms with Gasteiger partial charge >= 0.3 is 0 Å². The topological polar surface area (TPSA) is 60.3 Å². The minimum absolute atomic E-state index is 0.0673. The average Bonchev–Trinajstić information content (AvgIpc) is 2.75. The fourth-order valence-electron chi connectivity index (χ4n) is 3.67. The minimum Gasteiger partial charge on any atom is -0.506 e. The first-order valence-electron chi connectivity index (χ1n) is 10.1. The molecule has 0 spiro atoms. The van der Waals surface area contributed by atoms with Crippen LogP contribution in [0.2, 0.25) is 0 Å². The lowest BCUT2D eigenvalue weighted by Crippen LogP contribution is -2.54. The van der Waals surface area contributed by atoms with Crippen LogP contribution in [0.3, 0.4) is 0 Å². The van der Waals surface area contributed by atoms with Gasteiger partial charge in [0.25, 0.3) is 0 Å². The molecule has 29 heavy (non-hydrogen) atoms. The van der Waals surface area contributed by atoms with Crippen molar-refractivity contribution < 1.29 is 9.84 Å². The van der Waals surface area contributed by atoms with Crippen molar-refractivity contribution in [3.8, 4) is 11.5 Å². The maximum Gasteiger partial charge on any atom is 0.193 e. The number of anilines is 1. The van der Waals surface area contributed by atoms with Gasteiger partial charge in [0.15, 0.2) is 5.96 Å². The zero-order valence-electron chi connectivity index (χ0n) is 17.9. The van der Waals surface area contributed by atoms with Gasteiger partial charge in [-0.25, -0.2) is 0 Å². The first-order chi connectivity index (χ1) is 13.9. The van der Waals surface area contributed by atoms with Gasteiger partial charge in [0.05, 0.1) is 12.8 Å². The Morgan fingerprint density at radius 3 is 2.48 bits per heavy atom. The molecule has 0 aromatic heterocycles. The van der Waals surface area contributed by atoms with Crippen molar-refractivity contribution in [3.63, 3.8) is 0 Å². The van der Waals surface area contributed by atoms with Crippen LogP contribution in [0.15, 0.2) is 53.5 Å². The predicted molar refractivity (Wildman–Crippen MR) is 119 cm³/mol. The molecule has 0 atom stereocenters. The second-order valence-corrected chi connectivity index (χ2v) is 7.98. The maximum atomic E-state index is 10.1. The Kier molecular flexibility index (Phi) is 6.52. The third kappa shape index (κ3) is 4.94. The number of benzene rings is 2. The van der Waals surface area contributed by atoms with Crippen LogP contribution >= 0.6 is 0 Å². The van der Waals surface area contributed by atoms with E-state index in [2.05, 4.69) is 46.1 Å². The lowest BCUT2D eigenvalue weighted by molar-refractivity contribution is 0.364. The van der Waals surface area contributed by atoms with E-state index in [1.807, 2.05) is 37.4 Å². The fraction of sp³-hybridized carbons (Fsp3) is 0.435. The number of nitrogens with one attached hydrogen (secondary N) is 1. The van der Waals surface area contributed by atoms with Crippen molar-refractivity contribution in [3.05, 3.63) is 54.1 Å². The summed E-state index contributed by atoms with van der Waals surface area (Å²) in [6.45, 7) is 8.61. The minimum atomic E-state index is -0.0673. The molecule has 1 aliphatic rings. The summed E-state index contributed by atoms with van der Waals surface area (Å²) in [5.74, 6) is 2.13. The van der Waals surface area contributed by atoms with E-state index in [1.165, 1.54) is 5.56 Å². The lowest BCUT2D eigenvalue weighted by Gasteiger charge is -2.38. The third-order valence-corrected chi connectivity index (χ3v) is 5.55. The lowest BCUT2D eigenvalue weighted by atomic mass is 9.84. The van der Waals surface area contributed by atoms with E-state index >= 15 is 0 Å². The molecule has 1 aliphatic heterocycles. The highest BCUT2D eigenvalue weighted by Gasteiger charge is 2.25. The van der Waals surface area contributed by atoms with Gasteiger partial charge in [0, 0.05) is 45.2 Å². The molecule has 0 aliphatic carbocycles. The number of aliphatic imine (C=N–C) groups is 1. The van der Waals surface area contributed by atoms with Crippen LogP contribution in [-0.2, 0) is 5.41 Å². The molecule has 0 radical (unpaired) electrons. The molecule has 0 saturated carbocycles. The van der Waals surface area contributed by atoms with Crippen molar-refractivity contribution in [1.82, 2.24) is 10.2 Å². The number of para-hydroxylation sites is 2. The largest absolute Gasteiger partial charge is 0.506 e. The Labute approximate surface area is 173 Å². The van der Waals surface area contributed by atoms with E-state index in [-0.39, 0.29) is 5.41 Å². The smallest absolute Gasteiger partial charge is 0.193 e. The standard InChI is InChI=1S/C23H32N4O2/c1-23(2,18-8-7-9-19(16-18)29-4)17-25-22(24-3)27-14-12-26(13-15-27)20-10-5-6-11-21(20)28/h5-11,16,28H,12-15,17H2,1-4H3,(H,24,25). The van der Waals surface area contributed by atoms with Crippen molar-refractivity contribution in [2.45, 2.75) is 19.3 Å². The van der Waals surface area contributed by atoms with Crippen molar-refractivity contribution in [2.75, 3.05) is 51.8 Å². The molecular weight excluding hydrogens is 364 g/mol. The molecule has 3 rings (SSSR count). The molecule has 0 bridgehead atoms. The molecule has 1 fully saturated rings. The van der Waals surface area contributed by atoms with E-state index in [0.717, 1.165) is 50.1 Å². The fourth-order valence-corrected chi connectivity index (χ4v) is 3.67. The predicted octanol–water partition coefficient (Wildman–Crippen LogP) is 3.08. The summed E-state index contributed by atoms with van der Waals surface area (Å²) in [5.41, 5.74) is 2.06. The summed E-state index contributed by atoms with van der Waals surface area (Å²) in [7, 11) is 3.53. The van der Waals surface area contributed by atoms with E-state index in [0.29, 0.717) is 5.75 Å². The average molecular weight is 397 g/mol. The number of methoxy groups -OCH3 is 1. The molecule has 1 heterocycles. The second kappa shape index (κ2) is 9.07. The zero-order chi connectivity index (χ0) is 20.9. The summed E-state index contributed by atoms with van der Waals surface area (Å²) < 4.78 is 5.37. The Morgan fingerprint density at radius 2 is 1.83 bits per heavy atom. The van der Waals surface area contributed by atoms with Gasteiger partial charge in [-0.05, 0) is 29.8 Å². The summed E-state index contributed by atoms with van der Waals surface area (Å²) in [6, 6.07) is 15.7. The van der Waals surface area contributed by atoms with Crippen LogP contribution in [0.4, 0.5) is 5.69 Å². The van der Waals surface area contributed by atoms with Gasteiger partial charge in [-0.2, -0.15) is 0 Å². The van der Waals surface area contributed by atoms with Gasteiger partial charge in [-0.1, -0.05) is 38.1 Å². The molecule has 6 nitrogen and oxygen atoms in total. The number of nitrogens with zero attached hydrogens (tertiary/aromatic N) is 3. The number of ether oxygens (including phenoxy) is 1. The molecule has 6 heteroatoms. The van der Waals surface area contributed by atoms with Crippen molar-refractivity contribution in [2.24, 2.45) is 4.99 Å². The first kappa shape index (κ1) is 20.8. The Balaban J connectivity index is 1.59. The number of hydrogen-bond acceptors (Lipinski definition) is 4. The molecule has 1 saturated heterocycles. The highest BCUT2D eigenvalue weighted by Crippen LogP contribution is 2.28. The number of phenols is 1. The molecule has 156 valence electrons. The van der Waals surface area contributed by atoms with Gasteiger partial charge < -0.3 is 25.0 Å². The Morgan fingerprint density at radius 1 is 1.10 bits per heavy atom. The quantitative estimate of drug-likeness (QED) is 0.601. The van der Waals surface area contributed by atoms with Gasteiger partial charge in [0.1, 0.15) is 11.5 Å². The summed E-state index contributed by atoms with van der Waals surface area (Å²) in [6.07, 6.45) is 0. The van der Waals surface area contributed by atoms with Gasteiger partial charge in [-0.15, -0.1) is 0 Å². The van der Waals surface area contributed by atoms with Crippen LogP contribution in [-0.4, -0.2) is 62.8 Å². The summed E-state index contributed by atoms with van der Waals surface area (Å²) >= 11 is 0. The Bertz CT molecular complexity index is 842. The first-order valence-corrected chi connectivity index (χ1v) is 10.1. The maximum absolute atomic E-state index is 10.1. The van der Waals surface area contributed by atoms with Gasteiger partial charge in [-0.3, -0.25) is 4.99 Å². The van der Waals surface area contributed by atoms with Crippen molar-refractivity contribution in [1.29, 1.82) is 0 Å². The molecule has 2 aromatic carbocycles. The number of guanidine groups is 1. The number of rotatable bonds is 5. The second-order valence-electron chi connectivity index (χ2n) is 7.98. The normalized spacial score (nSPS) is 15.4. The Hall–Kier alpha value is -2.89. The number of hydrogen-bond donors (Lipinski definition) is 2. The van der Waals surface area contributed by atoms with E-state index < -0.39 is 0 Å². The molecule has 0 unspecified atom stereocenters. The SMILES string of the molecule is CN=C(NCC(C)(C)c1cccc(OC)c1)N1CCN(c2ccccc2O)CC1. The molecule has 0 amide bonds. The van der Waals surface area contributed by atoms with E-state index in [9.17, 15) is 5.11 Å². The van der Waals surface area contributed by atoms with Crippen LogP contribution in [0.1, 0.15) is 19.4 Å².